The fraction of sp³-hybridized carbons (Fsp3) is 0.133. The molecule has 0 spiro atoms. The SMILES string of the molecule is COc1cc(C=NNC(=O)Cn2cnc3scc(-c4ccc(C)cc4)c3c2=O)ccc1OCc1ccccc1. The molecule has 2 aromatic heterocycles. The largest absolute Gasteiger partial charge is 0.493 e. The normalized spacial score (nSPS) is 11.1. The van der Waals surface area contributed by atoms with Crippen LogP contribution >= 0.6 is 11.3 Å². The number of hydrogen-bond acceptors (Lipinski definition) is 7. The van der Waals surface area contributed by atoms with Crippen LogP contribution in [0.3, 0.4) is 0 Å². The Balaban J connectivity index is 1.24. The van der Waals surface area contributed by atoms with Crippen LogP contribution in [0.25, 0.3) is 21.3 Å². The maximum Gasteiger partial charge on any atom is 0.263 e. The molecule has 1 N–H and O–H groups in total. The summed E-state index contributed by atoms with van der Waals surface area (Å²) in [6, 6.07) is 23.2. The molecule has 0 aliphatic heterocycles. The average Bonchev–Trinajstić information content (AvgIpc) is 3.39. The second-order valence-corrected chi connectivity index (χ2v) is 9.71. The summed E-state index contributed by atoms with van der Waals surface area (Å²) >= 11 is 1.40. The Kier molecular flexibility index (Phi) is 7.79. The molecule has 1 amide bonds. The molecule has 0 saturated carbocycles. The Morgan fingerprint density at radius 3 is 2.64 bits per heavy atom. The summed E-state index contributed by atoms with van der Waals surface area (Å²) < 4.78 is 12.6. The summed E-state index contributed by atoms with van der Waals surface area (Å²) in [6.45, 7) is 2.22. The second-order valence-electron chi connectivity index (χ2n) is 8.85. The first kappa shape index (κ1) is 25.9. The molecule has 39 heavy (non-hydrogen) atoms. The van der Waals surface area contributed by atoms with E-state index in [1.54, 1.807) is 19.2 Å². The molecule has 3 aromatic carbocycles. The van der Waals surface area contributed by atoms with Crippen molar-refractivity contribution in [3.8, 4) is 22.6 Å². The van der Waals surface area contributed by atoms with Gasteiger partial charge in [0.15, 0.2) is 11.5 Å². The van der Waals surface area contributed by atoms with Crippen molar-refractivity contribution in [2.45, 2.75) is 20.1 Å². The highest BCUT2D eigenvalue weighted by Crippen LogP contribution is 2.31. The molecule has 0 unspecified atom stereocenters. The smallest absolute Gasteiger partial charge is 0.263 e. The van der Waals surface area contributed by atoms with Crippen LogP contribution in [0.1, 0.15) is 16.7 Å². The number of amides is 1. The van der Waals surface area contributed by atoms with Crippen molar-refractivity contribution in [2.75, 3.05) is 7.11 Å². The third-order valence-corrected chi connectivity index (χ3v) is 6.95. The van der Waals surface area contributed by atoms with E-state index in [4.69, 9.17) is 9.47 Å². The van der Waals surface area contributed by atoms with Crippen LogP contribution in [0.2, 0.25) is 0 Å². The van der Waals surface area contributed by atoms with E-state index in [2.05, 4.69) is 15.5 Å². The number of aryl methyl sites for hydroxylation is 1. The van der Waals surface area contributed by atoms with E-state index in [1.807, 2.05) is 73.0 Å². The number of carbonyl (C=O) groups is 1. The minimum Gasteiger partial charge on any atom is -0.493 e. The Hall–Kier alpha value is -4.76. The van der Waals surface area contributed by atoms with E-state index in [-0.39, 0.29) is 12.1 Å². The molecule has 0 aliphatic carbocycles. The van der Waals surface area contributed by atoms with Gasteiger partial charge in [0.05, 0.1) is 25.0 Å². The first-order valence-corrected chi connectivity index (χ1v) is 13.1. The number of thiophene rings is 1. The second kappa shape index (κ2) is 11.7. The zero-order valence-corrected chi connectivity index (χ0v) is 22.3. The molecule has 196 valence electrons. The topological polar surface area (TPSA) is 94.8 Å². The number of aromatic nitrogens is 2. The van der Waals surface area contributed by atoms with Gasteiger partial charge in [-0.1, -0.05) is 60.2 Å². The van der Waals surface area contributed by atoms with E-state index in [9.17, 15) is 9.59 Å². The summed E-state index contributed by atoms with van der Waals surface area (Å²) in [6.07, 6.45) is 2.89. The van der Waals surface area contributed by atoms with Crippen molar-refractivity contribution in [3.63, 3.8) is 0 Å². The highest BCUT2D eigenvalue weighted by atomic mass is 32.1. The van der Waals surface area contributed by atoms with Crippen LogP contribution in [-0.2, 0) is 17.9 Å². The van der Waals surface area contributed by atoms with Gasteiger partial charge in [-0.05, 0) is 41.8 Å². The molecule has 0 fully saturated rings. The van der Waals surface area contributed by atoms with Crippen LogP contribution < -0.4 is 20.5 Å². The number of hydrogen-bond donors (Lipinski definition) is 1. The van der Waals surface area contributed by atoms with E-state index in [0.29, 0.717) is 33.9 Å². The predicted octanol–water partition coefficient (Wildman–Crippen LogP) is 5.17. The highest BCUT2D eigenvalue weighted by molar-refractivity contribution is 7.17. The van der Waals surface area contributed by atoms with Gasteiger partial charge in [0.1, 0.15) is 18.0 Å². The van der Waals surface area contributed by atoms with Gasteiger partial charge in [-0.3, -0.25) is 14.2 Å². The van der Waals surface area contributed by atoms with Gasteiger partial charge in [-0.2, -0.15) is 5.10 Å². The molecule has 5 rings (SSSR count). The standard InChI is InChI=1S/C30H26N4O4S/c1-20-8-11-23(12-9-20)24-18-39-29-28(24)30(36)34(19-31-29)16-27(35)33-32-15-22-10-13-25(26(14-22)37-2)38-17-21-6-4-3-5-7-21/h3-15,18-19H,16-17H2,1-2H3,(H,33,35). The monoisotopic (exact) mass is 538 g/mol. The molecule has 9 heteroatoms. The Labute approximate surface area is 229 Å². The number of ether oxygens (including phenoxy) is 2. The van der Waals surface area contributed by atoms with Gasteiger partial charge in [-0.25, -0.2) is 10.4 Å². The lowest BCUT2D eigenvalue weighted by atomic mass is 10.1. The summed E-state index contributed by atoms with van der Waals surface area (Å²) in [7, 11) is 1.56. The number of rotatable bonds is 9. The molecule has 0 bridgehead atoms. The van der Waals surface area contributed by atoms with Crippen LogP contribution in [0, 0.1) is 6.92 Å². The van der Waals surface area contributed by atoms with Gasteiger partial charge < -0.3 is 9.47 Å². The van der Waals surface area contributed by atoms with Gasteiger partial charge in [-0.15, -0.1) is 11.3 Å². The molecule has 0 saturated heterocycles. The van der Waals surface area contributed by atoms with Crippen molar-refractivity contribution in [2.24, 2.45) is 5.10 Å². The quantitative estimate of drug-likeness (QED) is 0.206. The Morgan fingerprint density at radius 2 is 1.87 bits per heavy atom. The lowest BCUT2D eigenvalue weighted by molar-refractivity contribution is -0.121. The van der Waals surface area contributed by atoms with Gasteiger partial charge >= 0.3 is 0 Å². The fourth-order valence-corrected chi connectivity index (χ4v) is 4.92. The highest BCUT2D eigenvalue weighted by Gasteiger charge is 2.14. The lowest BCUT2D eigenvalue weighted by Gasteiger charge is -2.11. The zero-order valence-electron chi connectivity index (χ0n) is 21.5. The molecule has 5 aromatic rings. The molecule has 0 atom stereocenters. The summed E-state index contributed by atoms with van der Waals surface area (Å²) in [5, 5.41) is 6.46. The van der Waals surface area contributed by atoms with Gasteiger partial charge in [0.2, 0.25) is 0 Å². The van der Waals surface area contributed by atoms with Crippen LogP contribution in [0.4, 0.5) is 0 Å². The summed E-state index contributed by atoms with van der Waals surface area (Å²) in [4.78, 5) is 30.8. The first-order chi connectivity index (χ1) is 19.0. The first-order valence-electron chi connectivity index (χ1n) is 12.2. The van der Waals surface area contributed by atoms with Crippen molar-refractivity contribution in [1.29, 1.82) is 0 Å². The Morgan fingerprint density at radius 1 is 1.08 bits per heavy atom. The molecular formula is C30H26N4O4S. The summed E-state index contributed by atoms with van der Waals surface area (Å²) in [5.74, 6) is 0.701. The third-order valence-electron chi connectivity index (χ3n) is 6.06. The number of methoxy groups -OCH3 is 1. The minimum atomic E-state index is -0.448. The van der Waals surface area contributed by atoms with E-state index in [0.717, 1.165) is 22.3 Å². The molecule has 8 nitrogen and oxygen atoms in total. The molecule has 2 heterocycles. The van der Waals surface area contributed by atoms with E-state index >= 15 is 0 Å². The van der Waals surface area contributed by atoms with Crippen molar-refractivity contribution < 1.29 is 14.3 Å². The number of benzene rings is 3. The van der Waals surface area contributed by atoms with Crippen molar-refractivity contribution in [1.82, 2.24) is 15.0 Å². The zero-order chi connectivity index (χ0) is 27.2. The van der Waals surface area contributed by atoms with Gasteiger partial charge in [0.25, 0.3) is 11.5 Å². The fourth-order valence-electron chi connectivity index (χ4n) is 4.01. The number of hydrazone groups is 1. The van der Waals surface area contributed by atoms with Gasteiger partial charge in [0, 0.05) is 10.9 Å². The van der Waals surface area contributed by atoms with E-state index in [1.165, 1.54) is 28.4 Å². The predicted molar refractivity (Wildman–Crippen MR) is 154 cm³/mol. The number of nitrogens with zero attached hydrogens (tertiary/aromatic N) is 3. The van der Waals surface area contributed by atoms with Crippen molar-refractivity contribution in [3.05, 3.63) is 112 Å². The summed E-state index contributed by atoms with van der Waals surface area (Å²) in [5.41, 5.74) is 6.84. The lowest BCUT2D eigenvalue weighted by Crippen LogP contribution is -2.30. The molecule has 0 aliphatic rings. The Bertz CT molecular complexity index is 1690. The van der Waals surface area contributed by atoms with Crippen LogP contribution in [0.15, 0.2) is 94.4 Å². The van der Waals surface area contributed by atoms with E-state index < -0.39 is 5.91 Å². The number of carbonyl (C=O) groups excluding carboxylic acids is 1. The third kappa shape index (κ3) is 6.05. The maximum absolute atomic E-state index is 13.2. The minimum absolute atomic E-state index is 0.210. The van der Waals surface area contributed by atoms with Crippen LogP contribution in [-0.4, -0.2) is 28.8 Å². The van der Waals surface area contributed by atoms with Crippen LogP contribution in [0.5, 0.6) is 11.5 Å². The number of fused-ring (bicyclic) bond motifs is 1. The molecule has 0 radical (unpaired) electrons. The average molecular weight is 539 g/mol. The number of nitrogens with one attached hydrogen (secondary N) is 1. The molecular weight excluding hydrogens is 512 g/mol. The maximum atomic E-state index is 13.2. The van der Waals surface area contributed by atoms with Crippen molar-refractivity contribution >= 4 is 33.7 Å².